The first-order valence-corrected chi connectivity index (χ1v) is 8.88. The molecule has 0 radical (unpaired) electrons. The van der Waals surface area contributed by atoms with Crippen LogP contribution in [0, 0.1) is 21.4 Å². The summed E-state index contributed by atoms with van der Waals surface area (Å²) in [4.78, 5) is 21.3. The summed E-state index contributed by atoms with van der Waals surface area (Å²) in [6, 6.07) is 21.5. The van der Waals surface area contributed by atoms with Crippen molar-refractivity contribution in [3.05, 3.63) is 105 Å². The molecule has 0 heterocycles. The van der Waals surface area contributed by atoms with Gasteiger partial charge in [-0.2, -0.15) is 5.26 Å². The van der Waals surface area contributed by atoms with Crippen LogP contribution in [0.4, 0.5) is 5.69 Å². The van der Waals surface area contributed by atoms with Crippen molar-refractivity contribution >= 4 is 23.3 Å². The van der Waals surface area contributed by atoms with Crippen molar-refractivity contribution in [1.82, 2.24) is 0 Å². The van der Waals surface area contributed by atoms with Gasteiger partial charge in [-0.15, -0.1) is 0 Å². The number of non-ortho nitro benzene ring substituents is 1. The fourth-order valence-corrected chi connectivity index (χ4v) is 2.73. The highest BCUT2D eigenvalue weighted by Gasteiger charge is 2.07. The summed E-state index contributed by atoms with van der Waals surface area (Å²) in [6.45, 7) is 0.225. The van der Waals surface area contributed by atoms with Crippen molar-refractivity contribution in [3.63, 3.8) is 0 Å². The van der Waals surface area contributed by atoms with Crippen molar-refractivity contribution in [3.8, 4) is 11.8 Å². The highest BCUT2D eigenvalue weighted by Crippen LogP contribution is 2.22. The molecule has 7 heteroatoms. The van der Waals surface area contributed by atoms with Crippen LogP contribution in [-0.4, -0.2) is 16.0 Å². The molecule has 1 N–H and O–H groups in total. The Morgan fingerprint density at radius 3 is 2.37 bits per heavy atom. The van der Waals surface area contributed by atoms with E-state index in [-0.39, 0.29) is 17.9 Å². The van der Waals surface area contributed by atoms with Gasteiger partial charge in [0.15, 0.2) is 0 Å². The van der Waals surface area contributed by atoms with E-state index >= 15 is 0 Å². The summed E-state index contributed by atoms with van der Waals surface area (Å²) in [5.74, 6) is -0.393. The second kappa shape index (κ2) is 9.17. The summed E-state index contributed by atoms with van der Waals surface area (Å²) >= 11 is 0. The molecule has 0 atom stereocenters. The lowest BCUT2D eigenvalue weighted by Crippen LogP contribution is -2.00. The first-order chi connectivity index (χ1) is 14.5. The van der Waals surface area contributed by atoms with Gasteiger partial charge in [0.05, 0.1) is 22.1 Å². The normalized spacial score (nSPS) is 10.8. The number of rotatable bonds is 7. The minimum absolute atomic E-state index is 0.0357. The van der Waals surface area contributed by atoms with Gasteiger partial charge >= 0.3 is 5.97 Å². The van der Waals surface area contributed by atoms with Gasteiger partial charge in [0.2, 0.25) is 0 Å². The lowest BCUT2D eigenvalue weighted by molar-refractivity contribution is -0.384. The third-order valence-electron chi connectivity index (χ3n) is 4.28. The number of allylic oxidation sites excluding steroid dienone is 1. The molecular formula is C23H16N2O5. The second-order valence-corrected chi connectivity index (χ2v) is 6.34. The molecule has 0 saturated carbocycles. The number of carboxylic acids is 1. The van der Waals surface area contributed by atoms with Gasteiger partial charge in [0, 0.05) is 12.1 Å². The summed E-state index contributed by atoms with van der Waals surface area (Å²) < 4.78 is 5.69. The highest BCUT2D eigenvalue weighted by atomic mass is 16.6. The molecule has 30 heavy (non-hydrogen) atoms. The molecule has 3 aromatic carbocycles. The largest absolute Gasteiger partial charge is 0.489 e. The van der Waals surface area contributed by atoms with Crippen LogP contribution >= 0.6 is 0 Å². The van der Waals surface area contributed by atoms with Crippen LogP contribution in [0.5, 0.6) is 5.75 Å². The summed E-state index contributed by atoms with van der Waals surface area (Å²) in [7, 11) is 0. The zero-order valence-electron chi connectivity index (χ0n) is 15.7. The Bertz CT molecular complexity index is 1140. The molecule has 0 bridgehead atoms. The van der Waals surface area contributed by atoms with E-state index < -0.39 is 10.9 Å². The molecule has 0 aromatic heterocycles. The van der Waals surface area contributed by atoms with Crippen molar-refractivity contribution in [1.29, 1.82) is 5.26 Å². The van der Waals surface area contributed by atoms with E-state index in [2.05, 4.69) is 6.07 Å². The fourth-order valence-electron chi connectivity index (χ4n) is 2.73. The predicted molar refractivity (Wildman–Crippen MR) is 111 cm³/mol. The summed E-state index contributed by atoms with van der Waals surface area (Å²) in [6.07, 6.45) is 1.68. The molecule has 7 nitrogen and oxygen atoms in total. The fraction of sp³-hybridized carbons (Fsp3) is 0.0435. The van der Waals surface area contributed by atoms with Gasteiger partial charge in [-0.3, -0.25) is 10.1 Å². The van der Waals surface area contributed by atoms with Crippen LogP contribution in [0.1, 0.15) is 27.0 Å². The summed E-state index contributed by atoms with van der Waals surface area (Å²) in [5.41, 5.74) is 2.64. The quantitative estimate of drug-likeness (QED) is 0.260. The number of nitro benzene ring substituents is 1. The van der Waals surface area contributed by atoms with Crippen LogP contribution in [0.2, 0.25) is 0 Å². The topological polar surface area (TPSA) is 113 Å². The van der Waals surface area contributed by atoms with Gasteiger partial charge in [-0.1, -0.05) is 24.3 Å². The number of aromatic carboxylic acids is 1. The number of hydrogen-bond acceptors (Lipinski definition) is 5. The number of carbonyl (C=O) groups is 1. The lowest BCUT2D eigenvalue weighted by Gasteiger charge is -2.07. The van der Waals surface area contributed by atoms with E-state index in [0.717, 1.165) is 11.1 Å². The molecular weight excluding hydrogens is 384 g/mol. The van der Waals surface area contributed by atoms with Crippen LogP contribution in [0.25, 0.3) is 11.6 Å². The molecule has 0 unspecified atom stereocenters. The summed E-state index contributed by atoms with van der Waals surface area (Å²) in [5, 5.41) is 29.2. The van der Waals surface area contributed by atoms with E-state index in [0.29, 0.717) is 16.9 Å². The maximum absolute atomic E-state index is 11.0. The van der Waals surface area contributed by atoms with E-state index in [4.69, 9.17) is 9.84 Å². The van der Waals surface area contributed by atoms with Gasteiger partial charge < -0.3 is 9.84 Å². The maximum Gasteiger partial charge on any atom is 0.335 e. The van der Waals surface area contributed by atoms with E-state index in [1.807, 2.05) is 0 Å². The second-order valence-electron chi connectivity index (χ2n) is 6.34. The molecule has 0 fully saturated rings. The third kappa shape index (κ3) is 5.09. The minimum atomic E-state index is -0.991. The average molecular weight is 400 g/mol. The number of ether oxygens (including phenoxy) is 1. The van der Waals surface area contributed by atoms with Crippen LogP contribution < -0.4 is 4.74 Å². The van der Waals surface area contributed by atoms with Crippen LogP contribution in [-0.2, 0) is 6.61 Å². The number of nitrogens with zero attached hydrogens (tertiary/aromatic N) is 2. The maximum atomic E-state index is 11.0. The SMILES string of the molecule is N#C/C(=C/c1ccc(OCc2cccc(C(=O)O)c2)cc1)c1ccc([N+](=O)[O-])cc1. The Morgan fingerprint density at radius 2 is 1.77 bits per heavy atom. The Morgan fingerprint density at radius 1 is 1.07 bits per heavy atom. The zero-order valence-corrected chi connectivity index (χ0v) is 15.7. The lowest BCUT2D eigenvalue weighted by atomic mass is 10.0. The van der Waals surface area contributed by atoms with Crippen molar-refractivity contribution in [2.24, 2.45) is 0 Å². The third-order valence-corrected chi connectivity index (χ3v) is 4.28. The molecule has 0 aliphatic carbocycles. The van der Waals surface area contributed by atoms with Gasteiger partial charge in [0.25, 0.3) is 5.69 Å². The van der Waals surface area contributed by atoms with Gasteiger partial charge in [-0.25, -0.2) is 4.79 Å². The molecule has 3 aromatic rings. The van der Waals surface area contributed by atoms with Crippen molar-refractivity contribution in [2.45, 2.75) is 6.61 Å². The monoisotopic (exact) mass is 400 g/mol. The first-order valence-electron chi connectivity index (χ1n) is 8.88. The van der Waals surface area contributed by atoms with E-state index in [1.54, 1.807) is 48.5 Å². The Kier molecular flexibility index (Phi) is 6.20. The predicted octanol–water partition coefficient (Wildman–Crippen LogP) is 4.94. The molecule has 0 aliphatic rings. The van der Waals surface area contributed by atoms with E-state index in [1.165, 1.54) is 30.3 Å². The van der Waals surface area contributed by atoms with Gasteiger partial charge in [-0.05, 0) is 59.2 Å². The number of carboxylic acid groups (broad SMARTS) is 1. The Labute approximate surface area is 172 Å². The number of hydrogen-bond donors (Lipinski definition) is 1. The molecule has 0 aliphatic heterocycles. The van der Waals surface area contributed by atoms with Gasteiger partial charge in [0.1, 0.15) is 12.4 Å². The smallest absolute Gasteiger partial charge is 0.335 e. The molecule has 148 valence electrons. The average Bonchev–Trinajstić information content (AvgIpc) is 2.77. The van der Waals surface area contributed by atoms with Crippen molar-refractivity contribution < 1.29 is 19.6 Å². The number of nitriles is 1. The highest BCUT2D eigenvalue weighted by molar-refractivity contribution is 5.89. The molecule has 0 amide bonds. The Balaban J connectivity index is 1.70. The molecule has 0 saturated heterocycles. The van der Waals surface area contributed by atoms with E-state index in [9.17, 15) is 20.2 Å². The number of nitro groups is 1. The minimum Gasteiger partial charge on any atom is -0.489 e. The standard InChI is InChI=1S/C23H16N2O5/c24-14-20(18-6-8-21(9-7-18)25(28)29)12-16-4-10-22(11-5-16)30-15-17-2-1-3-19(13-17)23(26)27/h1-13H,15H2,(H,26,27)/b20-12-. The first kappa shape index (κ1) is 20.3. The van der Waals surface area contributed by atoms with Crippen molar-refractivity contribution in [2.75, 3.05) is 0 Å². The molecule has 0 spiro atoms. The van der Waals surface area contributed by atoms with Crippen LogP contribution in [0.3, 0.4) is 0 Å². The van der Waals surface area contributed by atoms with Crippen LogP contribution in [0.15, 0.2) is 72.8 Å². The zero-order chi connectivity index (χ0) is 21.5. The number of benzene rings is 3. The Hall–Kier alpha value is -4.44. The molecule has 3 rings (SSSR count).